The predicted molar refractivity (Wildman–Crippen MR) is 77.8 cm³/mol. The molecular formula is C12H16N2O4S2. The molecule has 20 heavy (non-hydrogen) atoms. The van der Waals surface area contributed by atoms with Gasteiger partial charge >= 0.3 is 0 Å². The van der Waals surface area contributed by atoms with Gasteiger partial charge in [0.1, 0.15) is 0 Å². The summed E-state index contributed by atoms with van der Waals surface area (Å²) in [7, 11) is -6.31. The zero-order valence-electron chi connectivity index (χ0n) is 11.0. The Bertz CT molecular complexity index is 756. The second-order valence-corrected chi connectivity index (χ2v) is 9.48. The molecule has 6 nitrogen and oxygen atoms in total. The lowest BCUT2D eigenvalue weighted by molar-refractivity contribution is 0.558. The normalized spacial score (nSPS) is 24.4. The number of nitrogens with one attached hydrogen (secondary N) is 1. The molecule has 0 radical (unpaired) electrons. The van der Waals surface area contributed by atoms with Crippen molar-refractivity contribution in [1.82, 2.24) is 0 Å². The molecule has 1 aromatic rings. The minimum absolute atomic E-state index is 0.114. The van der Waals surface area contributed by atoms with Crippen LogP contribution in [0, 0.1) is 0 Å². The number of rotatable bonds is 1. The van der Waals surface area contributed by atoms with E-state index in [0.717, 1.165) is 5.69 Å². The van der Waals surface area contributed by atoms with Gasteiger partial charge < -0.3 is 10.2 Å². The Morgan fingerprint density at radius 2 is 2.10 bits per heavy atom. The average molecular weight is 316 g/mol. The molecular weight excluding hydrogens is 300 g/mol. The molecule has 1 aromatic carbocycles. The molecule has 0 amide bonds. The topological polar surface area (TPSA) is 83.5 Å². The summed E-state index contributed by atoms with van der Waals surface area (Å²) in [6.07, 6.45) is 1.18. The summed E-state index contributed by atoms with van der Waals surface area (Å²) < 4.78 is 47.0. The molecule has 1 unspecified atom stereocenters. The van der Waals surface area contributed by atoms with Gasteiger partial charge in [0, 0.05) is 19.3 Å². The lowest BCUT2D eigenvalue weighted by atomic mass is 10.1. The number of hydrogen-bond acceptors (Lipinski definition) is 6. The minimum Gasteiger partial charge on any atom is -0.380 e. The van der Waals surface area contributed by atoms with Crippen molar-refractivity contribution in [3.8, 4) is 0 Å². The van der Waals surface area contributed by atoms with E-state index in [1.54, 1.807) is 12.1 Å². The van der Waals surface area contributed by atoms with Crippen molar-refractivity contribution in [2.45, 2.75) is 10.9 Å². The van der Waals surface area contributed by atoms with Crippen LogP contribution in [0.25, 0.3) is 0 Å². The van der Waals surface area contributed by atoms with Crippen LogP contribution in [0.15, 0.2) is 23.1 Å². The molecule has 8 heteroatoms. The Balaban J connectivity index is 2.08. The van der Waals surface area contributed by atoms with Gasteiger partial charge in [0.25, 0.3) is 0 Å². The summed E-state index contributed by atoms with van der Waals surface area (Å²) in [5.74, 6) is 0.231. The monoisotopic (exact) mass is 316 g/mol. The van der Waals surface area contributed by atoms with Gasteiger partial charge in [-0.2, -0.15) is 0 Å². The zero-order chi connectivity index (χ0) is 14.5. The fourth-order valence-electron chi connectivity index (χ4n) is 2.84. The van der Waals surface area contributed by atoms with E-state index in [1.807, 2.05) is 11.0 Å². The molecule has 0 bridgehead atoms. The van der Waals surface area contributed by atoms with Gasteiger partial charge in [-0.05, 0) is 12.1 Å². The molecule has 1 N–H and O–H groups in total. The van der Waals surface area contributed by atoms with Crippen LogP contribution in [0.1, 0.15) is 0 Å². The third-order valence-corrected chi connectivity index (χ3v) is 6.59. The Morgan fingerprint density at radius 3 is 2.80 bits per heavy atom. The van der Waals surface area contributed by atoms with Crippen molar-refractivity contribution in [3.05, 3.63) is 18.2 Å². The maximum Gasteiger partial charge on any atom is 0.177 e. The van der Waals surface area contributed by atoms with Crippen LogP contribution in [0.5, 0.6) is 0 Å². The summed E-state index contributed by atoms with van der Waals surface area (Å²) >= 11 is 0. The molecule has 0 saturated carbocycles. The van der Waals surface area contributed by atoms with Gasteiger partial charge in [-0.3, -0.25) is 0 Å². The van der Waals surface area contributed by atoms with Crippen LogP contribution in [-0.4, -0.2) is 53.7 Å². The molecule has 1 atom stereocenters. The maximum atomic E-state index is 11.8. The standard InChI is InChI=1S/C12H16N2O4S2/c1-19(15,16)11-4-2-3-10-12(11)13-7-9-8-20(17,18)6-5-14(9)10/h2-4,9,13H,5-8H2,1H3. The molecule has 2 heterocycles. The molecule has 2 aliphatic rings. The van der Waals surface area contributed by atoms with Gasteiger partial charge in [-0.15, -0.1) is 0 Å². The number of benzene rings is 1. The number of fused-ring (bicyclic) bond motifs is 3. The van der Waals surface area contributed by atoms with E-state index in [4.69, 9.17) is 0 Å². The summed E-state index contributed by atoms with van der Waals surface area (Å²) in [6.45, 7) is 0.855. The van der Waals surface area contributed by atoms with Crippen molar-refractivity contribution >= 4 is 31.0 Å². The third kappa shape index (κ3) is 2.26. The van der Waals surface area contributed by atoms with Crippen molar-refractivity contribution in [2.75, 3.05) is 41.1 Å². The molecule has 110 valence electrons. The maximum absolute atomic E-state index is 11.8. The quantitative estimate of drug-likeness (QED) is 0.792. The highest BCUT2D eigenvalue weighted by molar-refractivity contribution is 7.91. The first kappa shape index (κ1) is 13.7. The van der Waals surface area contributed by atoms with Crippen molar-refractivity contribution in [2.24, 2.45) is 0 Å². The fourth-order valence-corrected chi connectivity index (χ4v) is 5.24. The lowest BCUT2D eigenvalue weighted by Gasteiger charge is -2.42. The highest BCUT2D eigenvalue weighted by atomic mass is 32.2. The van der Waals surface area contributed by atoms with E-state index < -0.39 is 19.7 Å². The van der Waals surface area contributed by atoms with Crippen molar-refractivity contribution in [3.63, 3.8) is 0 Å². The number of para-hydroxylation sites is 1. The second kappa shape index (κ2) is 4.36. The molecule has 2 aliphatic heterocycles. The van der Waals surface area contributed by atoms with Crippen LogP contribution in [0.4, 0.5) is 11.4 Å². The number of hydrogen-bond donors (Lipinski definition) is 1. The summed E-state index contributed by atoms with van der Waals surface area (Å²) in [5.41, 5.74) is 1.37. The van der Waals surface area contributed by atoms with Gasteiger partial charge in [-0.1, -0.05) is 6.07 Å². The molecule has 1 saturated heterocycles. The SMILES string of the molecule is CS(=O)(=O)c1cccc2c1NCC1CS(=O)(=O)CCN21. The average Bonchev–Trinajstić information content (AvgIpc) is 2.35. The second-order valence-electron chi connectivity index (χ2n) is 5.26. The molecule has 0 aromatic heterocycles. The van der Waals surface area contributed by atoms with E-state index in [2.05, 4.69) is 5.32 Å². The largest absolute Gasteiger partial charge is 0.380 e. The predicted octanol–water partition coefficient (Wildman–Crippen LogP) is 0.119. The Labute approximate surface area is 118 Å². The number of nitrogens with zero attached hydrogens (tertiary/aromatic N) is 1. The van der Waals surface area contributed by atoms with E-state index in [1.165, 1.54) is 6.26 Å². The van der Waals surface area contributed by atoms with E-state index in [-0.39, 0.29) is 22.4 Å². The Hall–Kier alpha value is -1.28. The summed E-state index contributed by atoms with van der Waals surface area (Å²) in [6, 6.07) is 4.97. The summed E-state index contributed by atoms with van der Waals surface area (Å²) in [5, 5.41) is 3.09. The van der Waals surface area contributed by atoms with Gasteiger partial charge in [0.15, 0.2) is 19.7 Å². The Kier molecular flexibility index (Phi) is 2.98. The highest BCUT2D eigenvalue weighted by Gasteiger charge is 2.36. The Morgan fingerprint density at radius 1 is 1.35 bits per heavy atom. The van der Waals surface area contributed by atoms with Crippen LogP contribution < -0.4 is 10.2 Å². The lowest BCUT2D eigenvalue weighted by Crippen LogP contribution is -2.54. The van der Waals surface area contributed by atoms with Crippen LogP contribution >= 0.6 is 0 Å². The molecule has 1 fully saturated rings. The fraction of sp³-hybridized carbons (Fsp3) is 0.500. The van der Waals surface area contributed by atoms with E-state index in [9.17, 15) is 16.8 Å². The first-order valence-corrected chi connectivity index (χ1v) is 10.0. The van der Waals surface area contributed by atoms with Crippen LogP contribution in [0.3, 0.4) is 0 Å². The molecule has 0 aliphatic carbocycles. The van der Waals surface area contributed by atoms with Crippen molar-refractivity contribution < 1.29 is 16.8 Å². The first-order chi connectivity index (χ1) is 9.28. The molecule has 3 rings (SSSR count). The number of anilines is 2. The minimum atomic E-state index is -3.31. The third-order valence-electron chi connectivity index (χ3n) is 3.76. The zero-order valence-corrected chi connectivity index (χ0v) is 12.7. The number of sulfone groups is 2. The molecule has 0 spiro atoms. The van der Waals surface area contributed by atoms with E-state index in [0.29, 0.717) is 18.8 Å². The smallest absolute Gasteiger partial charge is 0.177 e. The van der Waals surface area contributed by atoms with Gasteiger partial charge in [0.2, 0.25) is 0 Å². The van der Waals surface area contributed by atoms with Gasteiger partial charge in [0.05, 0.1) is 33.8 Å². The highest BCUT2D eigenvalue weighted by Crippen LogP contribution is 2.37. The summed E-state index contributed by atoms with van der Waals surface area (Å²) in [4.78, 5) is 2.27. The van der Waals surface area contributed by atoms with E-state index >= 15 is 0 Å². The van der Waals surface area contributed by atoms with Crippen LogP contribution in [0.2, 0.25) is 0 Å². The van der Waals surface area contributed by atoms with Gasteiger partial charge in [-0.25, -0.2) is 16.8 Å². The van der Waals surface area contributed by atoms with Crippen molar-refractivity contribution in [1.29, 1.82) is 0 Å². The first-order valence-electron chi connectivity index (χ1n) is 6.32. The van der Waals surface area contributed by atoms with Crippen LogP contribution in [-0.2, 0) is 19.7 Å².